The summed E-state index contributed by atoms with van der Waals surface area (Å²) in [5, 5.41) is 1.08. The number of hydrogen-bond donors (Lipinski definition) is 0. The van der Waals surface area contributed by atoms with Crippen molar-refractivity contribution in [3.8, 4) is 0 Å². The third-order valence-electron chi connectivity index (χ3n) is 2.96. The maximum atomic E-state index is 11.9. The normalized spacial score (nSPS) is 16.4. The van der Waals surface area contributed by atoms with Crippen molar-refractivity contribution < 1.29 is 4.79 Å². The molecule has 5 nitrogen and oxygen atoms in total. The van der Waals surface area contributed by atoms with E-state index in [1.165, 1.54) is 4.88 Å². The van der Waals surface area contributed by atoms with E-state index in [1.807, 2.05) is 30.1 Å². The summed E-state index contributed by atoms with van der Waals surface area (Å²) in [5.41, 5.74) is 0. The zero-order valence-electron chi connectivity index (χ0n) is 11.2. The molecule has 1 aliphatic rings. The zero-order chi connectivity index (χ0) is 13.1. The zero-order valence-corrected chi connectivity index (χ0v) is 12.0. The predicted molar refractivity (Wildman–Crippen MR) is 74.2 cm³/mol. The Morgan fingerprint density at radius 2 is 2.06 bits per heavy atom. The lowest BCUT2D eigenvalue weighted by molar-refractivity contribution is -0.132. The van der Waals surface area contributed by atoms with E-state index in [-0.39, 0.29) is 5.91 Å². The molecule has 1 aromatic heterocycles. The van der Waals surface area contributed by atoms with Crippen LogP contribution in [0.3, 0.4) is 0 Å². The van der Waals surface area contributed by atoms with E-state index in [4.69, 9.17) is 0 Å². The Morgan fingerprint density at radius 3 is 2.56 bits per heavy atom. The Kier molecular flexibility index (Phi) is 4.19. The molecule has 18 heavy (non-hydrogen) atoms. The predicted octanol–water partition coefficient (Wildman–Crippen LogP) is 0.662. The smallest absolute Gasteiger partial charge is 0.236 e. The van der Waals surface area contributed by atoms with Crippen LogP contribution in [0.5, 0.6) is 0 Å². The lowest BCUT2D eigenvalue weighted by atomic mass is 10.3. The summed E-state index contributed by atoms with van der Waals surface area (Å²) < 4.78 is 0. The number of anilines is 1. The first-order valence-electron chi connectivity index (χ1n) is 6.16. The standard InChI is InChI=1S/C12H20N4OS/c1-10-8-13-12(18-10)16-6-4-15(5-7-16)11(17)9-14(2)3/h8H,4-7,9H2,1-3H3. The van der Waals surface area contributed by atoms with Crippen molar-refractivity contribution in [2.45, 2.75) is 6.92 Å². The van der Waals surface area contributed by atoms with Crippen molar-refractivity contribution in [1.29, 1.82) is 0 Å². The molecule has 1 aliphatic heterocycles. The fourth-order valence-electron chi connectivity index (χ4n) is 2.01. The van der Waals surface area contributed by atoms with Gasteiger partial charge in [-0.1, -0.05) is 0 Å². The number of likely N-dealkylation sites (N-methyl/N-ethyl adjacent to an activating group) is 1. The minimum atomic E-state index is 0.218. The van der Waals surface area contributed by atoms with Crippen LogP contribution in [0.4, 0.5) is 5.13 Å². The molecule has 1 aromatic rings. The molecule has 0 atom stereocenters. The number of amides is 1. The summed E-state index contributed by atoms with van der Waals surface area (Å²) in [6, 6.07) is 0. The van der Waals surface area contributed by atoms with Crippen molar-refractivity contribution in [2.24, 2.45) is 0 Å². The molecule has 100 valence electrons. The molecule has 0 N–H and O–H groups in total. The van der Waals surface area contributed by atoms with E-state index < -0.39 is 0 Å². The van der Waals surface area contributed by atoms with Gasteiger partial charge in [-0.05, 0) is 21.0 Å². The van der Waals surface area contributed by atoms with Crippen LogP contribution in [0.1, 0.15) is 4.88 Å². The number of carbonyl (C=O) groups is 1. The van der Waals surface area contributed by atoms with E-state index in [1.54, 1.807) is 11.3 Å². The van der Waals surface area contributed by atoms with Crippen molar-refractivity contribution in [2.75, 3.05) is 51.7 Å². The molecule has 0 aromatic carbocycles. The third kappa shape index (κ3) is 3.20. The Balaban J connectivity index is 1.86. The number of nitrogens with zero attached hydrogens (tertiary/aromatic N) is 4. The highest BCUT2D eigenvalue weighted by Gasteiger charge is 2.22. The molecular formula is C12H20N4OS. The summed E-state index contributed by atoms with van der Waals surface area (Å²) in [5.74, 6) is 0.218. The molecule has 0 unspecified atom stereocenters. The maximum absolute atomic E-state index is 11.9. The van der Waals surface area contributed by atoms with Gasteiger partial charge in [0, 0.05) is 37.3 Å². The second-order valence-corrected chi connectivity index (χ2v) is 6.07. The maximum Gasteiger partial charge on any atom is 0.236 e. The molecule has 0 spiro atoms. The summed E-state index contributed by atoms with van der Waals surface area (Å²) in [6.07, 6.45) is 1.91. The molecule has 1 fully saturated rings. The minimum Gasteiger partial charge on any atom is -0.345 e. The molecule has 0 aliphatic carbocycles. The first-order chi connectivity index (χ1) is 8.56. The van der Waals surface area contributed by atoms with Gasteiger partial charge in [0.05, 0.1) is 6.54 Å². The first-order valence-corrected chi connectivity index (χ1v) is 6.98. The summed E-state index contributed by atoms with van der Waals surface area (Å²) in [4.78, 5) is 23.6. The second-order valence-electron chi connectivity index (χ2n) is 4.86. The van der Waals surface area contributed by atoms with Gasteiger partial charge in [-0.15, -0.1) is 11.3 Å². The van der Waals surface area contributed by atoms with Gasteiger partial charge in [-0.2, -0.15) is 0 Å². The number of thiazole rings is 1. The van der Waals surface area contributed by atoms with Gasteiger partial charge in [0.15, 0.2) is 5.13 Å². The number of carbonyl (C=O) groups excluding carboxylic acids is 1. The van der Waals surface area contributed by atoms with Crippen LogP contribution in [0, 0.1) is 6.92 Å². The highest BCUT2D eigenvalue weighted by Crippen LogP contribution is 2.22. The summed E-state index contributed by atoms with van der Waals surface area (Å²) >= 11 is 1.72. The molecule has 0 bridgehead atoms. The van der Waals surface area contributed by atoms with E-state index in [0.717, 1.165) is 31.3 Å². The van der Waals surface area contributed by atoms with Gasteiger partial charge in [0.25, 0.3) is 0 Å². The van der Waals surface area contributed by atoms with Gasteiger partial charge >= 0.3 is 0 Å². The minimum absolute atomic E-state index is 0.218. The molecule has 2 heterocycles. The van der Waals surface area contributed by atoms with Crippen LogP contribution >= 0.6 is 11.3 Å². The van der Waals surface area contributed by atoms with Crippen LogP contribution in [0.15, 0.2) is 6.20 Å². The van der Waals surface area contributed by atoms with Gasteiger partial charge in [-0.3, -0.25) is 4.79 Å². The molecule has 1 amide bonds. The molecule has 2 rings (SSSR count). The first kappa shape index (κ1) is 13.3. The second kappa shape index (κ2) is 5.67. The number of rotatable bonds is 3. The van der Waals surface area contributed by atoms with Crippen LogP contribution in [-0.4, -0.2) is 67.5 Å². The van der Waals surface area contributed by atoms with Crippen molar-refractivity contribution in [3.05, 3.63) is 11.1 Å². The average molecular weight is 268 g/mol. The fraction of sp³-hybridized carbons (Fsp3) is 0.667. The van der Waals surface area contributed by atoms with E-state index in [0.29, 0.717) is 6.54 Å². The number of hydrogen-bond acceptors (Lipinski definition) is 5. The SMILES string of the molecule is Cc1cnc(N2CCN(C(=O)CN(C)C)CC2)s1. The van der Waals surface area contributed by atoms with E-state index >= 15 is 0 Å². The van der Waals surface area contributed by atoms with Crippen molar-refractivity contribution >= 4 is 22.4 Å². The molecule has 6 heteroatoms. The summed E-state index contributed by atoms with van der Waals surface area (Å²) in [6.45, 7) is 5.92. The van der Waals surface area contributed by atoms with Crippen LogP contribution in [-0.2, 0) is 4.79 Å². The van der Waals surface area contributed by atoms with Crippen molar-refractivity contribution in [3.63, 3.8) is 0 Å². The highest BCUT2D eigenvalue weighted by molar-refractivity contribution is 7.15. The topological polar surface area (TPSA) is 39.7 Å². The quantitative estimate of drug-likeness (QED) is 0.807. The van der Waals surface area contributed by atoms with Gasteiger partial charge in [-0.25, -0.2) is 4.98 Å². The largest absolute Gasteiger partial charge is 0.345 e. The monoisotopic (exact) mass is 268 g/mol. The number of piperazine rings is 1. The molecule has 1 saturated heterocycles. The Labute approximate surface area is 112 Å². The highest BCUT2D eigenvalue weighted by atomic mass is 32.1. The Hall–Kier alpha value is -1.14. The Morgan fingerprint density at radius 1 is 1.39 bits per heavy atom. The van der Waals surface area contributed by atoms with E-state index in [2.05, 4.69) is 16.8 Å². The van der Waals surface area contributed by atoms with Crippen LogP contribution < -0.4 is 4.90 Å². The molecular weight excluding hydrogens is 248 g/mol. The number of aryl methyl sites for hydroxylation is 1. The molecule has 0 radical (unpaired) electrons. The van der Waals surface area contributed by atoms with Gasteiger partial charge in [0.2, 0.25) is 5.91 Å². The Bertz CT molecular complexity index is 410. The third-order valence-corrected chi connectivity index (χ3v) is 3.94. The van der Waals surface area contributed by atoms with Gasteiger partial charge in [0.1, 0.15) is 0 Å². The average Bonchev–Trinajstić information content (AvgIpc) is 2.75. The lowest BCUT2D eigenvalue weighted by Gasteiger charge is -2.35. The molecule has 0 saturated carbocycles. The van der Waals surface area contributed by atoms with Crippen LogP contribution in [0.2, 0.25) is 0 Å². The summed E-state index contributed by atoms with van der Waals surface area (Å²) in [7, 11) is 3.85. The van der Waals surface area contributed by atoms with Crippen molar-refractivity contribution in [1.82, 2.24) is 14.8 Å². The van der Waals surface area contributed by atoms with E-state index in [9.17, 15) is 4.79 Å². The van der Waals surface area contributed by atoms with Crippen LogP contribution in [0.25, 0.3) is 0 Å². The van der Waals surface area contributed by atoms with Gasteiger partial charge < -0.3 is 14.7 Å². The number of aromatic nitrogens is 1. The lowest BCUT2D eigenvalue weighted by Crippen LogP contribution is -2.50. The fourth-order valence-corrected chi connectivity index (χ4v) is 2.82.